The Morgan fingerprint density at radius 1 is 1.44 bits per heavy atom. The van der Waals surface area contributed by atoms with Gasteiger partial charge in [-0.1, -0.05) is 0 Å². The molecule has 1 aliphatic rings. The van der Waals surface area contributed by atoms with Crippen LogP contribution >= 0.6 is 22.6 Å². The number of nitrogens with zero attached hydrogens (tertiary/aromatic N) is 1. The highest BCUT2D eigenvalue weighted by molar-refractivity contribution is 14.1. The maximum atomic E-state index is 5.35. The molecule has 1 fully saturated rings. The van der Waals surface area contributed by atoms with E-state index in [9.17, 15) is 0 Å². The fourth-order valence-corrected chi connectivity index (χ4v) is 2.48. The third-order valence-electron chi connectivity index (χ3n) is 2.94. The van der Waals surface area contributed by atoms with E-state index in [1.165, 1.54) is 22.8 Å². The molecular formula is C12H17IN2O. The highest BCUT2D eigenvalue weighted by Gasteiger charge is 2.13. The summed E-state index contributed by atoms with van der Waals surface area (Å²) in [7, 11) is 0. The summed E-state index contributed by atoms with van der Waals surface area (Å²) in [5.74, 6) is 1.83. The van der Waals surface area contributed by atoms with E-state index in [-0.39, 0.29) is 0 Å². The van der Waals surface area contributed by atoms with Gasteiger partial charge >= 0.3 is 0 Å². The summed E-state index contributed by atoms with van der Waals surface area (Å²) in [6.07, 6.45) is 5.47. The maximum Gasteiger partial charge on any atom is 0.139 e. The quantitative estimate of drug-likeness (QED) is 0.861. The molecule has 0 aromatic carbocycles. The van der Waals surface area contributed by atoms with Crippen LogP contribution in [-0.4, -0.2) is 24.7 Å². The molecule has 0 radical (unpaired) electrons. The van der Waals surface area contributed by atoms with Gasteiger partial charge in [-0.15, -0.1) is 0 Å². The Labute approximate surface area is 110 Å². The van der Waals surface area contributed by atoms with E-state index in [0.29, 0.717) is 0 Å². The second-order valence-corrected chi connectivity index (χ2v) is 5.27. The van der Waals surface area contributed by atoms with Gasteiger partial charge in [-0.25, -0.2) is 4.98 Å². The zero-order chi connectivity index (χ0) is 11.2. The van der Waals surface area contributed by atoms with Gasteiger partial charge < -0.3 is 10.1 Å². The van der Waals surface area contributed by atoms with Gasteiger partial charge in [0.1, 0.15) is 5.82 Å². The number of hydrogen-bond acceptors (Lipinski definition) is 3. The van der Waals surface area contributed by atoms with E-state index >= 15 is 0 Å². The molecule has 0 atom stereocenters. The molecule has 1 N–H and O–H groups in total. The van der Waals surface area contributed by atoms with Crippen LogP contribution in [0.2, 0.25) is 0 Å². The van der Waals surface area contributed by atoms with E-state index in [0.717, 1.165) is 31.5 Å². The van der Waals surface area contributed by atoms with Crippen LogP contribution in [0.3, 0.4) is 0 Å². The summed E-state index contributed by atoms with van der Waals surface area (Å²) in [4.78, 5) is 4.32. The van der Waals surface area contributed by atoms with Crippen LogP contribution in [0.1, 0.15) is 19.3 Å². The Balaban J connectivity index is 1.73. The summed E-state index contributed by atoms with van der Waals surface area (Å²) in [5, 5.41) is 3.40. The molecule has 0 spiro atoms. The summed E-state index contributed by atoms with van der Waals surface area (Å²) >= 11 is 2.31. The first-order chi connectivity index (χ1) is 7.86. The van der Waals surface area contributed by atoms with Crippen LogP contribution < -0.4 is 5.32 Å². The number of hydrogen-bond donors (Lipinski definition) is 1. The number of nitrogens with one attached hydrogen (secondary N) is 1. The normalized spacial score (nSPS) is 17.3. The Hall–Kier alpha value is -0.360. The number of aromatic nitrogens is 1. The summed E-state index contributed by atoms with van der Waals surface area (Å²) in [6, 6.07) is 4.04. The highest BCUT2D eigenvalue weighted by atomic mass is 127. The zero-order valence-electron chi connectivity index (χ0n) is 9.29. The zero-order valence-corrected chi connectivity index (χ0v) is 11.4. The number of rotatable bonds is 4. The van der Waals surface area contributed by atoms with E-state index < -0.39 is 0 Å². The molecule has 3 nitrogen and oxygen atoms in total. The van der Waals surface area contributed by atoms with Gasteiger partial charge in [-0.3, -0.25) is 0 Å². The van der Waals surface area contributed by atoms with Crippen molar-refractivity contribution in [2.45, 2.75) is 19.3 Å². The van der Waals surface area contributed by atoms with Crippen LogP contribution in [0.25, 0.3) is 0 Å². The second-order valence-electron chi connectivity index (χ2n) is 4.11. The average Bonchev–Trinajstić information content (AvgIpc) is 2.33. The molecule has 2 heterocycles. The van der Waals surface area contributed by atoms with Crippen molar-refractivity contribution >= 4 is 28.4 Å². The molecule has 2 rings (SSSR count). The first-order valence-corrected chi connectivity index (χ1v) is 6.86. The third-order valence-corrected chi connectivity index (χ3v) is 3.81. The molecule has 1 aliphatic heterocycles. The molecule has 0 bridgehead atoms. The van der Waals surface area contributed by atoms with Crippen LogP contribution in [-0.2, 0) is 4.74 Å². The van der Waals surface area contributed by atoms with Crippen molar-refractivity contribution in [3.8, 4) is 0 Å². The van der Waals surface area contributed by atoms with Gasteiger partial charge in [0, 0.05) is 26.0 Å². The van der Waals surface area contributed by atoms with Crippen molar-refractivity contribution in [3.05, 3.63) is 21.9 Å². The van der Waals surface area contributed by atoms with Gasteiger partial charge in [-0.05, 0) is 59.9 Å². The predicted octanol–water partition coefficient (Wildman–Crippen LogP) is 2.91. The Kier molecular flexibility index (Phi) is 4.84. The third kappa shape index (κ3) is 3.59. The van der Waals surface area contributed by atoms with Crippen molar-refractivity contribution in [1.29, 1.82) is 0 Å². The first-order valence-electron chi connectivity index (χ1n) is 5.78. The molecule has 0 unspecified atom stereocenters. The SMILES string of the molecule is Ic1cccnc1NCCC1CCOCC1. The van der Waals surface area contributed by atoms with Crippen LogP contribution in [0.4, 0.5) is 5.82 Å². The van der Waals surface area contributed by atoms with E-state index in [1.54, 1.807) is 0 Å². The lowest BCUT2D eigenvalue weighted by Gasteiger charge is -2.22. The number of anilines is 1. The molecule has 4 heteroatoms. The summed E-state index contributed by atoms with van der Waals surface area (Å²) in [5.41, 5.74) is 0. The Bertz CT molecular complexity index is 327. The molecule has 1 saturated heterocycles. The largest absolute Gasteiger partial charge is 0.381 e. The van der Waals surface area contributed by atoms with Gasteiger partial charge in [0.25, 0.3) is 0 Å². The monoisotopic (exact) mass is 332 g/mol. The molecule has 0 aliphatic carbocycles. The number of pyridine rings is 1. The number of ether oxygens (including phenoxy) is 1. The molecule has 1 aromatic heterocycles. The van der Waals surface area contributed by atoms with Crippen molar-refractivity contribution in [2.75, 3.05) is 25.1 Å². The molecule has 0 amide bonds. The lowest BCUT2D eigenvalue weighted by Crippen LogP contribution is -2.18. The highest BCUT2D eigenvalue weighted by Crippen LogP contribution is 2.19. The Morgan fingerprint density at radius 2 is 2.25 bits per heavy atom. The van der Waals surface area contributed by atoms with Crippen molar-refractivity contribution < 1.29 is 4.74 Å². The summed E-state index contributed by atoms with van der Waals surface area (Å²) in [6.45, 7) is 2.88. The minimum atomic E-state index is 0.822. The molecular weight excluding hydrogens is 315 g/mol. The van der Waals surface area contributed by atoms with Crippen LogP contribution in [0, 0.1) is 9.49 Å². The van der Waals surface area contributed by atoms with Crippen LogP contribution in [0.15, 0.2) is 18.3 Å². The molecule has 0 saturated carbocycles. The standard InChI is InChI=1S/C12H17IN2O/c13-11-2-1-6-14-12(11)15-7-3-10-4-8-16-9-5-10/h1-2,6,10H,3-5,7-9H2,(H,14,15). The van der Waals surface area contributed by atoms with E-state index in [2.05, 4.69) is 39.0 Å². The Morgan fingerprint density at radius 3 is 3.00 bits per heavy atom. The number of halogens is 1. The van der Waals surface area contributed by atoms with Gasteiger partial charge in [-0.2, -0.15) is 0 Å². The molecule has 1 aromatic rings. The lowest BCUT2D eigenvalue weighted by atomic mass is 9.97. The van der Waals surface area contributed by atoms with Gasteiger partial charge in [0.2, 0.25) is 0 Å². The predicted molar refractivity (Wildman–Crippen MR) is 73.6 cm³/mol. The first kappa shape index (κ1) is 12.1. The van der Waals surface area contributed by atoms with Crippen molar-refractivity contribution in [2.24, 2.45) is 5.92 Å². The van der Waals surface area contributed by atoms with Crippen LogP contribution in [0.5, 0.6) is 0 Å². The fraction of sp³-hybridized carbons (Fsp3) is 0.583. The lowest BCUT2D eigenvalue weighted by molar-refractivity contribution is 0.0649. The van der Waals surface area contributed by atoms with E-state index in [4.69, 9.17) is 4.74 Å². The molecule has 88 valence electrons. The smallest absolute Gasteiger partial charge is 0.139 e. The van der Waals surface area contributed by atoms with Crippen molar-refractivity contribution in [3.63, 3.8) is 0 Å². The van der Waals surface area contributed by atoms with Gasteiger partial charge in [0.15, 0.2) is 0 Å². The average molecular weight is 332 g/mol. The maximum absolute atomic E-state index is 5.35. The fourth-order valence-electron chi connectivity index (χ4n) is 1.95. The minimum Gasteiger partial charge on any atom is -0.381 e. The molecule has 16 heavy (non-hydrogen) atoms. The van der Waals surface area contributed by atoms with E-state index in [1.807, 2.05) is 12.3 Å². The summed E-state index contributed by atoms with van der Waals surface area (Å²) < 4.78 is 6.54. The van der Waals surface area contributed by atoms with Gasteiger partial charge in [0.05, 0.1) is 3.57 Å². The van der Waals surface area contributed by atoms with Crippen molar-refractivity contribution in [1.82, 2.24) is 4.98 Å². The minimum absolute atomic E-state index is 0.822. The second kappa shape index (κ2) is 6.39. The topological polar surface area (TPSA) is 34.2 Å².